The number of esters is 2. The zero-order valence-electron chi connectivity index (χ0n) is 24.1. The molecule has 213 valence electrons. The number of piperidine rings is 2. The quantitative estimate of drug-likeness (QED) is 0.176. The van der Waals surface area contributed by atoms with Gasteiger partial charge in [-0.2, -0.15) is 5.06 Å². The van der Waals surface area contributed by atoms with E-state index >= 15 is 0 Å². The molecule has 2 heterocycles. The summed E-state index contributed by atoms with van der Waals surface area (Å²) in [6.45, 7) is 15.7. The average Bonchev–Trinajstić information content (AvgIpc) is 2.73. The normalized spacial score (nSPS) is 23.2. The van der Waals surface area contributed by atoms with Crippen molar-refractivity contribution in [1.82, 2.24) is 5.06 Å². The van der Waals surface area contributed by atoms with Gasteiger partial charge in [0.2, 0.25) is 0 Å². The van der Waals surface area contributed by atoms with E-state index in [0.717, 1.165) is 0 Å². The summed E-state index contributed by atoms with van der Waals surface area (Å²) in [5.41, 5.74) is -1.41. The predicted molar refractivity (Wildman–Crippen MR) is 142 cm³/mol. The molecular weight excluding hydrogens is 663 g/mol. The van der Waals surface area contributed by atoms with Crippen LogP contribution in [-0.4, -0.2) is 63.7 Å². The fraction of sp³-hybridized carbons (Fsp3) is 0.655. The number of hydrogen-bond donors (Lipinski definition) is 1. The third kappa shape index (κ3) is 8.11. The van der Waals surface area contributed by atoms with E-state index < -0.39 is 29.1 Å². The van der Waals surface area contributed by atoms with Crippen molar-refractivity contribution in [3.05, 3.63) is 40.7 Å². The molecule has 2 aliphatic heterocycles. The van der Waals surface area contributed by atoms with E-state index in [-0.39, 0.29) is 42.5 Å². The molecule has 0 aromatic heterocycles. The second-order valence-electron chi connectivity index (χ2n) is 12.9. The van der Waals surface area contributed by atoms with Gasteiger partial charge in [-0.05, 0) is 64.3 Å². The van der Waals surface area contributed by atoms with Gasteiger partial charge in [-0.1, -0.05) is 39.8 Å². The Bertz CT molecular complexity index is 998. The minimum absolute atomic E-state index is 0. The Kier molecular flexibility index (Phi) is 10.0. The number of nitrogens with zero attached hydrogens (tertiary/aromatic N) is 2. The second kappa shape index (κ2) is 11.8. The molecule has 0 aliphatic carbocycles. The number of hydroxylamine groups is 2. The molecule has 2 aliphatic rings. The summed E-state index contributed by atoms with van der Waals surface area (Å²) in [5.74, 6) is -0.778. The Morgan fingerprint density at radius 3 is 1.68 bits per heavy atom. The summed E-state index contributed by atoms with van der Waals surface area (Å²) in [6, 6.07) is 7.05. The molecule has 9 heteroatoms. The van der Waals surface area contributed by atoms with Crippen LogP contribution in [0, 0.1) is 0 Å². The van der Waals surface area contributed by atoms with Gasteiger partial charge in [0, 0.05) is 23.9 Å². The molecule has 1 N–H and O–H groups in total. The molecule has 0 unspecified atom stereocenters. The summed E-state index contributed by atoms with van der Waals surface area (Å²) in [5, 5.41) is 16.8. The minimum Gasteiger partial charge on any atom is -0.652 e. The molecule has 0 atom stereocenters. The van der Waals surface area contributed by atoms with E-state index in [2.05, 4.69) is 0 Å². The van der Waals surface area contributed by atoms with Crippen LogP contribution in [0.15, 0.2) is 29.8 Å². The van der Waals surface area contributed by atoms with Crippen LogP contribution in [0.4, 0.5) is 0 Å². The van der Waals surface area contributed by atoms with Crippen molar-refractivity contribution in [2.75, 3.05) is 7.11 Å². The molecule has 1 aromatic rings. The molecule has 38 heavy (non-hydrogen) atoms. The molecule has 0 saturated carbocycles. The van der Waals surface area contributed by atoms with E-state index in [1.165, 1.54) is 11.1 Å². The topological polar surface area (TPSA) is 99.4 Å². The molecule has 1 radical (unpaired) electrons. The van der Waals surface area contributed by atoms with Crippen LogP contribution in [0.5, 0.6) is 5.75 Å². The number of ether oxygens (including phenoxy) is 3. The number of hydrogen-bond acceptors (Lipinski definition) is 7. The number of benzene rings is 1. The number of methoxy groups -OCH3 is 1. The first-order valence-corrected chi connectivity index (χ1v) is 12.9. The van der Waals surface area contributed by atoms with Crippen LogP contribution >= 0.6 is 0 Å². The van der Waals surface area contributed by atoms with Crippen LogP contribution in [0.25, 0.3) is 11.4 Å². The number of rotatable bonds is 6. The third-order valence-electron chi connectivity index (χ3n) is 7.07. The Hall–Kier alpha value is -1.78. The molecular formula is C29H43N2O6Os. The summed E-state index contributed by atoms with van der Waals surface area (Å²) in [4.78, 5) is 26.9. The van der Waals surface area contributed by atoms with Crippen LogP contribution < -0.4 is 4.74 Å². The van der Waals surface area contributed by atoms with Crippen LogP contribution in [0.1, 0.15) is 86.6 Å². The molecule has 2 fully saturated rings. The predicted octanol–water partition coefficient (Wildman–Crippen LogP) is 5.67. The fourth-order valence-corrected chi connectivity index (χ4v) is 5.94. The molecule has 0 spiro atoms. The van der Waals surface area contributed by atoms with E-state index in [1.807, 2.05) is 55.4 Å². The van der Waals surface area contributed by atoms with Gasteiger partial charge in [0.05, 0.1) is 13.2 Å². The molecule has 1 aromatic carbocycles. The van der Waals surface area contributed by atoms with Gasteiger partial charge in [-0.15, -0.1) is 11.1 Å². The summed E-state index contributed by atoms with van der Waals surface area (Å²) in [7, 11) is 1.57. The maximum atomic E-state index is 13.5. The number of carbonyl (C=O) groups excluding carboxylic acids is 2. The van der Waals surface area contributed by atoms with E-state index in [9.17, 15) is 14.8 Å². The van der Waals surface area contributed by atoms with Crippen molar-refractivity contribution in [2.24, 2.45) is 0 Å². The molecule has 8 nitrogen and oxygen atoms in total. The largest absolute Gasteiger partial charge is 1.00 e. The van der Waals surface area contributed by atoms with Crippen molar-refractivity contribution < 1.29 is 48.8 Å². The van der Waals surface area contributed by atoms with E-state index in [4.69, 9.17) is 19.5 Å². The van der Waals surface area contributed by atoms with E-state index in [1.54, 1.807) is 31.4 Å². The van der Waals surface area contributed by atoms with Gasteiger partial charge in [0.15, 0.2) is 0 Å². The van der Waals surface area contributed by atoms with Crippen molar-refractivity contribution in [2.45, 2.75) is 115 Å². The summed E-state index contributed by atoms with van der Waals surface area (Å²) >= 11 is 0. The van der Waals surface area contributed by atoms with Gasteiger partial charge in [0.1, 0.15) is 17.4 Å². The van der Waals surface area contributed by atoms with E-state index in [0.29, 0.717) is 37.0 Å². The van der Waals surface area contributed by atoms with Crippen LogP contribution in [-0.2, 0) is 38.9 Å². The maximum Gasteiger partial charge on any atom is 1.00 e. The summed E-state index contributed by atoms with van der Waals surface area (Å²) in [6.07, 6.45) is 2.66. The molecule has 3 rings (SSSR count). The summed E-state index contributed by atoms with van der Waals surface area (Å²) < 4.78 is 17.0. The Morgan fingerprint density at radius 2 is 1.26 bits per heavy atom. The first-order chi connectivity index (χ1) is 16.9. The zero-order valence-corrected chi connectivity index (χ0v) is 26.6. The molecule has 2 saturated heterocycles. The van der Waals surface area contributed by atoms with Crippen molar-refractivity contribution in [3.8, 4) is 5.75 Å². The minimum atomic E-state index is -0.733. The third-order valence-corrected chi connectivity index (χ3v) is 7.07. The Balaban J connectivity index is 0.00000507. The van der Waals surface area contributed by atoms with Crippen molar-refractivity contribution in [1.29, 1.82) is 0 Å². The number of carbonyl (C=O) groups is 2. The van der Waals surface area contributed by atoms with Gasteiger partial charge < -0.3 is 24.7 Å². The van der Waals surface area contributed by atoms with Gasteiger partial charge >= 0.3 is 31.7 Å². The van der Waals surface area contributed by atoms with Gasteiger partial charge in [0.25, 0.3) is 0 Å². The van der Waals surface area contributed by atoms with Gasteiger partial charge in [-0.25, -0.2) is 9.59 Å². The first-order valence-electron chi connectivity index (χ1n) is 12.9. The molecule has 0 bridgehead atoms. The second-order valence-corrected chi connectivity index (χ2v) is 12.9. The smallest absolute Gasteiger partial charge is 0.652 e. The monoisotopic (exact) mass is 707 g/mol. The van der Waals surface area contributed by atoms with Gasteiger partial charge in [-0.3, -0.25) is 0 Å². The Morgan fingerprint density at radius 1 is 0.842 bits per heavy atom. The fourth-order valence-electron chi connectivity index (χ4n) is 5.94. The van der Waals surface area contributed by atoms with Crippen molar-refractivity contribution in [3.63, 3.8) is 0 Å². The Labute approximate surface area is 240 Å². The maximum absolute atomic E-state index is 13.5. The molecule has 0 amide bonds. The van der Waals surface area contributed by atoms with Crippen LogP contribution in [0.3, 0.4) is 0 Å². The van der Waals surface area contributed by atoms with Crippen molar-refractivity contribution >= 4 is 18.0 Å². The average molecular weight is 706 g/mol. The SMILES string of the molecule is COc1ccc(C=C(C(=O)OC2CC(C)(C)[N-]C(C)(C)C2)C(=O)OC2CC(C)(C)N(O)C(C)(C)C2)cc1.[Os+]. The van der Waals surface area contributed by atoms with Crippen LogP contribution in [0.2, 0.25) is 0 Å². The standard InChI is InChI=1S/C29H43N2O6.Os/c1-26(2)15-21(16-27(3,4)30-26)36-24(32)23(14-19-10-12-20(35-9)13-11-19)25(33)37-22-17-28(5,6)31(34)29(7,8)18-22;/h10-14,21-22,34H,15-18H2,1-9H3;/q-1;+1. The first kappa shape index (κ1) is 32.4. The zero-order chi connectivity index (χ0) is 27.8.